The number of thiophene rings is 2. The van der Waals surface area contributed by atoms with Crippen LogP contribution in [0.25, 0.3) is 52.4 Å². The highest BCUT2D eigenvalue weighted by molar-refractivity contribution is 7.26. The molecular weight excluding hydrogens is 631 g/mol. The van der Waals surface area contributed by atoms with E-state index in [-0.39, 0.29) is 10.8 Å². The van der Waals surface area contributed by atoms with E-state index in [1.807, 2.05) is 22.7 Å². The summed E-state index contributed by atoms with van der Waals surface area (Å²) < 4.78 is 2.70. The number of nitrogens with one attached hydrogen (secondary N) is 1. The van der Waals surface area contributed by atoms with Crippen LogP contribution in [0, 0.1) is 13.8 Å². The zero-order valence-corrected chi connectivity index (χ0v) is 30.7. The Bertz CT molecular complexity index is 2680. The number of H-pyrrole nitrogens is 1. The third-order valence-corrected chi connectivity index (χ3v) is 14.0. The summed E-state index contributed by atoms with van der Waals surface area (Å²) in [6.07, 6.45) is 2.43. The molecule has 0 saturated heterocycles. The van der Waals surface area contributed by atoms with E-state index in [0.29, 0.717) is 0 Å². The van der Waals surface area contributed by atoms with Crippen LogP contribution in [-0.2, 0) is 10.8 Å². The Morgan fingerprint density at radius 3 is 2.10 bits per heavy atom. The number of aromatic nitrogens is 1. The van der Waals surface area contributed by atoms with Crippen LogP contribution in [0.1, 0.15) is 62.8 Å². The first-order valence-corrected chi connectivity index (χ1v) is 19.2. The maximum atomic E-state index is 3.91. The summed E-state index contributed by atoms with van der Waals surface area (Å²) >= 11 is 3.81. The molecule has 4 heterocycles. The minimum Gasteiger partial charge on any atom is -0.346 e. The van der Waals surface area contributed by atoms with Crippen molar-refractivity contribution in [2.45, 2.75) is 65.2 Å². The maximum absolute atomic E-state index is 3.91. The van der Waals surface area contributed by atoms with Gasteiger partial charge >= 0.3 is 0 Å². The lowest BCUT2D eigenvalue weighted by Crippen LogP contribution is -2.40. The Labute approximate surface area is 296 Å². The molecule has 240 valence electrons. The number of aromatic amines is 1. The van der Waals surface area contributed by atoms with E-state index in [1.54, 1.807) is 0 Å². The van der Waals surface area contributed by atoms with E-state index in [2.05, 4.69) is 142 Å². The van der Waals surface area contributed by atoms with E-state index in [1.165, 1.54) is 115 Å². The van der Waals surface area contributed by atoms with Crippen molar-refractivity contribution in [3.8, 4) is 11.1 Å². The Hall–Kier alpha value is -4.32. The standard InChI is InChI=1S/C44H39BN2S2/c1-24-20-30(26-14-11-15-29-37-27-12-7-9-16-35(27)48-41(37)46-40(26)29)38-34(21-24)47(42-39(45-38)28-13-8-10-17-36(28)49-42)33-23-32-31(22-25(33)2)43(3,4)18-19-44(32,5)6/h7-17,20-23,45-46H,18-19H2,1-6H3. The van der Waals surface area contributed by atoms with Crippen molar-refractivity contribution in [3.63, 3.8) is 0 Å². The molecule has 0 fully saturated rings. The van der Waals surface area contributed by atoms with Crippen LogP contribution in [0.5, 0.6) is 0 Å². The fourth-order valence-corrected chi connectivity index (χ4v) is 11.3. The van der Waals surface area contributed by atoms with Crippen LogP contribution in [-0.4, -0.2) is 12.3 Å². The average molecular weight is 671 g/mol. The Kier molecular flexibility index (Phi) is 6.11. The van der Waals surface area contributed by atoms with Crippen LogP contribution in [0.15, 0.2) is 91.0 Å². The molecule has 2 nitrogen and oxygen atoms in total. The molecular formula is C44H39BN2S2. The van der Waals surface area contributed by atoms with Gasteiger partial charge in [-0.2, -0.15) is 0 Å². The summed E-state index contributed by atoms with van der Waals surface area (Å²) in [5.74, 6) is 0. The molecule has 10 rings (SSSR count). The van der Waals surface area contributed by atoms with E-state index >= 15 is 0 Å². The smallest absolute Gasteiger partial charge is 0.200 e. The van der Waals surface area contributed by atoms with E-state index < -0.39 is 0 Å². The van der Waals surface area contributed by atoms with E-state index in [0.717, 1.165) is 7.28 Å². The molecule has 1 aliphatic heterocycles. The van der Waals surface area contributed by atoms with Crippen LogP contribution in [0.4, 0.5) is 16.4 Å². The minimum absolute atomic E-state index is 0.132. The van der Waals surface area contributed by atoms with Crippen molar-refractivity contribution in [3.05, 3.63) is 113 Å². The number of para-hydroxylation sites is 1. The van der Waals surface area contributed by atoms with Crippen LogP contribution >= 0.6 is 22.7 Å². The lowest BCUT2D eigenvalue weighted by Gasteiger charge is -2.43. The molecule has 3 aromatic heterocycles. The van der Waals surface area contributed by atoms with Crippen molar-refractivity contribution >= 4 is 98.5 Å². The number of fused-ring (bicyclic) bond motifs is 10. The summed E-state index contributed by atoms with van der Waals surface area (Å²) in [5.41, 5.74) is 15.3. The number of nitrogens with zero attached hydrogens (tertiary/aromatic N) is 1. The molecule has 0 atom stereocenters. The average Bonchev–Trinajstić information content (AvgIpc) is 3.75. The summed E-state index contributed by atoms with van der Waals surface area (Å²) in [6.45, 7) is 14.4. The SMILES string of the molecule is Cc1cc(-c2cccc3c2[nH]c2sc4ccccc4c23)c2c(c1)N(c1cc3c(cc1C)C(C)(C)CCC3(C)C)c1sc3ccccc3c1B2. The molecule has 2 aliphatic rings. The molecule has 0 radical (unpaired) electrons. The predicted octanol–water partition coefficient (Wildman–Crippen LogP) is 11.6. The fraction of sp³-hybridized carbons (Fsp3) is 0.227. The molecule has 8 aromatic rings. The quantitative estimate of drug-likeness (QED) is 0.181. The minimum atomic E-state index is 0.132. The highest BCUT2D eigenvalue weighted by Crippen LogP contribution is 2.51. The van der Waals surface area contributed by atoms with E-state index in [4.69, 9.17) is 0 Å². The van der Waals surface area contributed by atoms with Crippen LogP contribution < -0.4 is 15.8 Å². The Balaban J connectivity index is 1.26. The maximum Gasteiger partial charge on any atom is 0.200 e. The van der Waals surface area contributed by atoms with Crippen molar-refractivity contribution in [2.24, 2.45) is 0 Å². The largest absolute Gasteiger partial charge is 0.346 e. The lowest BCUT2D eigenvalue weighted by atomic mass is 9.58. The van der Waals surface area contributed by atoms with Gasteiger partial charge < -0.3 is 9.88 Å². The van der Waals surface area contributed by atoms with Gasteiger partial charge in [0.25, 0.3) is 0 Å². The topological polar surface area (TPSA) is 19.0 Å². The third kappa shape index (κ3) is 4.18. The first-order chi connectivity index (χ1) is 23.6. The number of anilines is 3. The van der Waals surface area contributed by atoms with Crippen molar-refractivity contribution < 1.29 is 0 Å². The third-order valence-electron chi connectivity index (χ3n) is 11.7. The zero-order valence-electron chi connectivity index (χ0n) is 29.0. The van der Waals surface area contributed by atoms with Gasteiger partial charge in [-0.05, 0) is 106 Å². The van der Waals surface area contributed by atoms with Gasteiger partial charge in [-0.1, -0.05) is 94.4 Å². The summed E-state index contributed by atoms with van der Waals surface area (Å²) in [5, 5.41) is 6.75. The van der Waals surface area contributed by atoms with Crippen LogP contribution in [0.3, 0.4) is 0 Å². The van der Waals surface area contributed by atoms with Crippen molar-refractivity contribution in [2.75, 3.05) is 4.90 Å². The molecule has 0 unspecified atom stereocenters. The van der Waals surface area contributed by atoms with Gasteiger partial charge in [-0.25, -0.2) is 0 Å². The lowest BCUT2D eigenvalue weighted by molar-refractivity contribution is 0.332. The number of hydrogen-bond donors (Lipinski definition) is 1. The van der Waals surface area contributed by atoms with Crippen LogP contribution in [0.2, 0.25) is 0 Å². The second kappa shape index (κ2) is 10.1. The summed E-state index contributed by atoms with van der Waals surface area (Å²) in [4.78, 5) is 7.81. The van der Waals surface area contributed by atoms with Gasteiger partial charge in [0, 0.05) is 36.8 Å². The second-order valence-electron chi connectivity index (χ2n) is 15.8. The van der Waals surface area contributed by atoms with Crippen molar-refractivity contribution in [1.82, 2.24) is 4.98 Å². The monoisotopic (exact) mass is 670 g/mol. The number of rotatable bonds is 2. The predicted molar refractivity (Wildman–Crippen MR) is 218 cm³/mol. The number of benzene rings is 5. The molecule has 1 aliphatic carbocycles. The number of aryl methyl sites for hydroxylation is 2. The molecule has 5 aromatic carbocycles. The summed E-state index contributed by atoms with van der Waals surface area (Å²) in [7, 11) is 0.914. The molecule has 5 heteroatoms. The van der Waals surface area contributed by atoms with Gasteiger partial charge in [-0.15, -0.1) is 22.7 Å². The highest BCUT2D eigenvalue weighted by Gasteiger charge is 2.39. The molecule has 0 spiro atoms. The van der Waals surface area contributed by atoms with Gasteiger partial charge in [0.1, 0.15) is 4.83 Å². The number of hydrogen-bond acceptors (Lipinski definition) is 3. The van der Waals surface area contributed by atoms with E-state index in [9.17, 15) is 0 Å². The first-order valence-electron chi connectivity index (χ1n) is 17.6. The summed E-state index contributed by atoms with van der Waals surface area (Å²) in [6, 6.07) is 34.7. The second-order valence-corrected chi connectivity index (χ2v) is 17.9. The fourth-order valence-electron chi connectivity index (χ4n) is 8.97. The van der Waals surface area contributed by atoms with Gasteiger partial charge in [0.15, 0.2) is 0 Å². The van der Waals surface area contributed by atoms with Gasteiger partial charge in [0.05, 0.1) is 16.2 Å². The zero-order chi connectivity index (χ0) is 33.4. The Morgan fingerprint density at radius 1 is 0.653 bits per heavy atom. The molecule has 0 saturated carbocycles. The molecule has 49 heavy (non-hydrogen) atoms. The molecule has 0 amide bonds. The normalized spacial score (nSPS) is 16.2. The molecule has 1 N–H and O–H groups in total. The first kappa shape index (κ1) is 29.6. The highest BCUT2D eigenvalue weighted by atomic mass is 32.1. The molecule has 0 bridgehead atoms. The van der Waals surface area contributed by atoms with Crippen molar-refractivity contribution in [1.29, 1.82) is 0 Å². The Morgan fingerprint density at radius 2 is 1.33 bits per heavy atom. The van der Waals surface area contributed by atoms with Gasteiger partial charge in [0.2, 0.25) is 7.28 Å². The van der Waals surface area contributed by atoms with Gasteiger partial charge in [-0.3, -0.25) is 0 Å².